The van der Waals surface area contributed by atoms with Crippen LogP contribution in [-0.4, -0.2) is 6.29 Å². The van der Waals surface area contributed by atoms with Crippen molar-refractivity contribution in [3.8, 4) is 0 Å². The number of hydrogen-bond donors (Lipinski definition) is 0. The molecular formula is C16H10F4O. The highest BCUT2D eigenvalue weighted by molar-refractivity contribution is 6.13. The van der Waals surface area contributed by atoms with Crippen LogP contribution in [0.1, 0.15) is 16.7 Å². The van der Waals surface area contributed by atoms with Crippen molar-refractivity contribution in [2.24, 2.45) is 0 Å². The summed E-state index contributed by atoms with van der Waals surface area (Å²) in [5.41, 5.74) is -0.733. The molecule has 0 aliphatic carbocycles. The van der Waals surface area contributed by atoms with E-state index in [0.29, 0.717) is 0 Å². The van der Waals surface area contributed by atoms with Crippen LogP contribution in [0, 0.1) is 30.2 Å². The molecule has 0 fully saturated rings. The summed E-state index contributed by atoms with van der Waals surface area (Å²) < 4.78 is 54.0. The second kappa shape index (κ2) is 5.91. The van der Waals surface area contributed by atoms with Crippen molar-refractivity contribution >= 4 is 17.9 Å². The molecule has 0 aromatic heterocycles. The highest BCUT2D eigenvalue weighted by Gasteiger charge is 2.15. The Hall–Kier alpha value is -2.43. The molecule has 2 aromatic rings. The van der Waals surface area contributed by atoms with Gasteiger partial charge in [0, 0.05) is 16.7 Å². The Labute approximate surface area is 118 Å². The van der Waals surface area contributed by atoms with Crippen LogP contribution in [0.2, 0.25) is 0 Å². The Morgan fingerprint density at radius 1 is 0.952 bits per heavy atom. The SMILES string of the molecule is Cc1ccc(C(C=O)=Cc2cccc(F)c2F)c(F)c1F. The summed E-state index contributed by atoms with van der Waals surface area (Å²) in [4.78, 5) is 11.1. The molecule has 0 amide bonds. The van der Waals surface area contributed by atoms with Gasteiger partial charge in [-0.05, 0) is 24.6 Å². The third-order valence-electron chi connectivity index (χ3n) is 3.01. The number of rotatable bonds is 3. The number of hydrogen-bond acceptors (Lipinski definition) is 1. The van der Waals surface area contributed by atoms with E-state index in [1.807, 2.05) is 0 Å². The third-order valence-corrected chi connectivity index (χ3v) is 3.01. The lowest BCUT2D eigenvalue weighted by atomic mass is 10.0. The van der Waals surface area contributed by atoms with Gasteiger partial charge < -0.3 is 0 Å². The molecular weight excluding hydrogens is 284 g/mol. The molecule has 0 heterocycles. The summed E-state index contributed by atoms with van der Waals surface area (Å²) >= 11 is 0. The van der Waals surface area contributed by atoms with Gasteiger partial charge in [0.15, 0.2) is 29.6 Å². The minimum Gasteiger partial charge on any atom is -0.298 e. The number of benzene rings is 2. The van der Waals surface area contributed by atoms with Crippen molar-refractivity contribution in [2.45, 2.75) is 6.92 Å². The van der Waals surface area contributed by atoms with Crippen molar-refractivity contribution in [2.75, 3.05) is 0 Å². The quantitative estimate of drug-likeness (QED) is 0.357. The fourth-order valence-electron chi connectivity index (χ4n) is 1.84. The summed E-state index contributed by atoms with van der Waals surface area (Å²) in [6.07, 6.45) is 1.23. The van der Waals surface area contributed by atoms with Crippen molar-refractivity contribution in [3.05, 3.63) is 70.3 Å². The van der Waals surface area contributed by atoms with Crippen LogP contribution in [-0.2, 0) is 4.79 Å². The molecule has 1 nitrogen and oxygen atoms in total. The third kappa shape index (κ3) is 2.86. The van der Waals surface area contributed by atoms with Crippen molar-refractivity contribution in [1.29, 1.82) is 0 Å². The predicted molar refractivity (Wildman–Crippen MR) is 71.4 cm³/mol. The van der Waals surface area contributed by atoms with Crippen LogP contribution in [0.5, 0.6) is 0 Å². The molecule has 0 radical (unpaired) electrons. The van der Waals surface area contributed by atoms with Gasteiger partial charge >= 0.3 is 0 Å². The number of allylic oxidation sites excluding steroid dienone is 1. The van der Waals surface area contributed by atoms with Crippen LogP contribution in [0.3, 0.4) is 0 Å². The van der Waals surface area contributed by atoms with Gasteiger partial charge in [-0.15, -0.1) is 0 Å². The zero-order chi connectivity index (χ0) is 15.6. The van der Waals surface area contributed by atoms with E-state index in [2.05, 4.69) is 0 Å². The van der Waals surface area contributed by atoms with E-state index in [9.17, 15) is 22.4 Å². The molecule has 0 atom stereocenters. The maximum Gasteiger partial charge on any atom is 0.167 e. The Morgan fingerprint density at radius 3 is 2.33 bits per heavy atom. The average molecular weight is 294 g/mol. The average Bonchev–Trinajstić information content (AvgIpc) is 2.47. The summed E-state index contributed by atoms with van der Waals surface area (Å²) in [6.45, 7) is 1.37. The number of aryl methyl sites for hydroxylation is 1. The van der Waals surface area contributed by atoms with Gasteiger partial charge in [0.2, 0.25) is 0 Å². The number of aldehydes is 1. The van der Waals surface area contributed by atoms with Crippen molar-refractivity contribution < 1.29 is 22.4 Å². The molecule has 2 rings (SSSR count). The summed E-state index contributed by atoms with van der Waals surface area (Å²) in [5.74, 6) is -4.54. The molecule has 5 heteroatoms. The van der Waals surface area contributed by atoms with Crippen molar-refractivity contribution in [3.63, 3.8) is 0 Å². The standard InChI is InChI=1S/C16H10F4O/c1-9-5-6-12(16(20)14(9)18)11(8-21)7-10-3-2-4-13(17)15(10)19/h2-8H,1H3. The number of carbonyl (C=O) groups is 1. The first-order valence-corrected chi connectivity index (χ1v) is 6.01. The molecule has 0 unspecified atom stereocenters. The van der Waals surface area contributed by atoms with Crippen LogP contribution in [0.25, 0.3) is 11.6 Å². The van der Waals surface area contributed by atoms with E-state index in [0.717, 1.165) is 12.1 Å². The number of halogens is 4. The van der Waals surface area contributed by atoms with Gasteiger partial charge in [0.1, 0.15) is 0 Å². The monoisotopic (exact) mass is 294 g/mol. The van der Waals surface area contributed by atoms with Gasteiger partial charge in [-0.25, -0.2) is 17.6 Å². The fourth-order valence-corrected chi connectivity index (χ4v) is 1.84. The lowest BCUT2D eigenvalue weighted by Gasteiger charge is -2.06. The maximum atomic E-state index is 13.8. The molecule has 0 saturated carbocycles. The molecule has 2 aromatic carbocycles. The molecule has 108 valence electrons. The zero-order valence-corrected chi connectivity index (χ0v) is 11.0. The Morgan fingerprint density at radius 2 is 1.67 bits per heavy atom. The first-order valence-electron chi connectivity index (χ1n) is 6.01. The first-order chi connectivity index (χ1) is 9.95. The molecule has 21 heavy (non-hydrogen) atoms. The fraction of sp³-hybridized carbons (Fsp3) is 0.0625. The van der Waals surface area contributed by atoms with Crippen LogP contribution >= 0.6 is 0 Å². The normalized spacial score (nSPS) is 11.6. The highest BCUT2D eigenvalue weighted by Crippen LogP contribution is 2.24. The molecule has 0 saturated heterocycles. The van der Waals surface area contributed by atoms with E-state index < -0.39 is 23.3 Å². The second-order valence-corrected chi connectivity index (χ2v) is 4.42. The van der Waals surface area contributed by atoms with E-state index in [1.54, 1.807) is 0 Å². The van der Waals surface area contributed by atoms with E-state index in [-0.39, 0.29) is 28.5 Å². The van der Waals surface area contributed by atoms with E-state index in [1.165, 1.54) is 31.2 Å². The Kier molecular flexibility index (Phi) is 4.21. The Balaban J connectivity index is 2.59. The van der Waals surface area contributed by atoms with Crippen molar-refractivity contribution in [1.82, 2.24) is 0 Å². The van der Waals surface area contributed by atoms with Gasteiger partial charge in [-0.1, -0.05) is 24.3 Å². The van der Waals surface area contributed by atoms with Crippen LogP contribution < -0.4 is 0 Å². The van der Waals surface area contributed by atoms with Crippen LogP contribution in [0.15, 0.2) is 30.3 Å². The number of carbonyl (C=O) groups excluding carboxylic acids is 1. The first kappa shape index (κ1) is 15.0. The minimum absolute atomic E-state index is 0.0819. The highest BCUT2D eigenvalue weighted by atomic mass is 19.2. The smallest absolute Gasteiger partial charge is 0.167 e. The maximum absolute atomic E-state index is 13.8. The van der Waals surface area contributed by atoms with Gasteiger partial charge in [-0.3, -0.25) is 4.79 Å². The molecule has 0 aliphatic heterocycles. The van der Waals surface area contributed by atoms with Crippen LogP contribution in [0.4, 0.5) is 17.6 Å². The predicted octanol–water partition coefficient (Wildman–Crippen LogP) is 4.29. The zero-order valence-electron chi connectivity index (χ0n) is 11.0. The molecule has 0 N–H and O–H groups in total. The van der Waals surface area contributed by atoms with E-state index >= 15 is 0 Å². The summed E-state index contributed by atoms with van der Waals surface area (Å²) in [7, 11) is 0. The van der Waals surface area contributed by atoms with Gasteiger partial charge in [-0.2, -0.15) is 0 Å². The molecule has 0 bridgehead atoms. The lowest BCUT2D eigenvalue weighted by molar-refractivity contribution is -0.103. The minimum atomic E-state index is -1.20. The largest absolute Gasteiger partial charge is 0.298 e. The lowest BCUT2D eigenvalue weighted by Crippen LogP contribution is -1.98. The molecule has 0 spiro atoms. The topological polar surface area (TPSA) is 17.1 Å². The second-order valence-electron chi connectivity index (χ2n) is 4.42. The molecule has 0 aliphatic rings. The van der Waals surface area contributed by atoms with E-state index in [4.69, 9.17) is 0 Å². The van der Waals surface area contributed by atoms with Gasteiger partial charge in [0.05, 0.1) is 0 Å². The van der Waals surface area contributed by atoms with Gasteiger partial charge in [0.25, 0.3) is 0 Å². The summed E-state index contributed by atoms with van der Waals surface area (Å²) in [5, 5.41) is 0. The summed E-state index contributed by atoms with van der Waals surface area (Å²) in [6, 6.07) is 5.90. The Bertz CT molecular complexity index is 735.